The Morgan fingerprint density at radius 2 is 2.00 bits per heavy atom. The van der Waals surface area contributed by atoms with Crippen LogP contribution in [0.15, 0.2) is 65.7 Å². The van der Waals surface area contributed by atoms with Gasteiger partial charge in [-0.15, -0.1) is 0 Å². The fraction of sp³-hybridized carbons (Fsp3) is 0.158. The van der Waals surface area contributed by atoms with Crippen LogP contribution in [0.1, 0.15) is 22.8 Å². The molecule has 4 nitrogen and oxygen atoms in total. The zero-order valence-corrected chi connectivity index (χ0v) is 15.3. The monoisotopic (exact) mass is 401 g/mol. The number of hydrogen-bond acceptors (Lipinski definition) is 2. The van der Waals surface area contributed by atoms with Gasteiger partial charge in [0.05, 0.1) is 6.33 Å². The minimum Gasteiger partial charge on any atom is -0.334 e. The van der Waals surface area contributed by atoms with Crippen molar-refractivity contribution in [2.24, 2.45) is 0 Å². The quantitative estimate of drug-likeness (QED) is 0.633. The molecular formula is C19H17BrFN3O. The third-order valence-corrected chi connectivity index (χ3v) is 4.45. The summed E-state index contributed by atoms with van der Waals surface area (Å²) < 4.78 is 16.6. The van der Waals surface area contributed by atoms with Crippen LogP contribution in [-0.4, -0.2) is 26.9 Å². The van der Waals surface area contributed by atoms with E-state index < -0.39 is 0 Å². The molecule has 0 unspecified atom stereocenters. The Labute approximate surface area is 154 Å². The van der Waals surface area contributed by atoms with Gasteiger partial charge in [-0.05, 0) is 49.4 Å². The Morgan fingerprint density at radius 3 is 2.64 bits per heavy atom. The Balaban J connectivity index is 1.79. The molecule has 0 aliphatic carbocycles. The molecule has 0 bridgehead atoms. The molecular weight excluding hydrogens is 385 g/mol. The molecule has 6 heteroatoms. The highest BCUT2D eigenvalue weighted by molar-refractivity contribution is 9.10. The van der Waals surface area contributed by atoms with E-state index in [2.05, 4.69) is 20.9 Å². The van der Waals surface area contributed by atoms with Crippen molar-refractivity contribution in [2.75, 3.05) is 6.54 Å². The van der Waals surface area contributed by atoms with Crippen molar-refractivity contribution in [1.82, 2.24) is 14.5 Å². The van der Waals surface area contributed by atoms with Crippen molar-refractivity contribution < 1.29 is 9.18 Å². The van der Waals surface area contributed by atoms with E-state index in [0.29, 0.717) is 17.7 Å². The number of aromatic nitrogens is 2. The standard InChI is InChI=1S/C19H17BrFN3O/c1-2-23(12-15-11-16(20)5-8-18(15)21)19(25)14-3-6-17(7-4-14)24-10-9-22-13-24/h3-11,13H,2,12H2,1H3. The number of hydrogen-bond donors (Lipinski definition) is 0. The highest BCUT2D eigenvalue weighted by Crippen LogP contribution is 2.19. The number of carbonyl (C=O) groups excluding carboxylic acids is 1. The zero-order valence-electron chi connectivity index (χ0n) is 13.7. The summed E-state index contributed by atoms with van der Waals surface area (Å²) >= 11 is 3.34. The van der Waals surface area contributed by atoms with Crippen molar-refractivity contribution in [1.29, 1.82) is 0 Å². The molecule has 0 radical (unpaired) electrons. The number of imidazole rings is 1. The largest absolute Gasteiger partial charge is 0.334 e. The highest BCUT2D eigenvalue weighted by atomic mass is 79.9. The predicted octanol–water partition coefficient (Wildman–Crippen LogP) is 4.44. The maximum Gasteiger partial charge on any atom is 0.254 e. The molecule has 0 saturated carbocycles. The van der Waals surface area contributed by atoms with Crippen LogP contribution in [-0.2, 0) is 6.54 Å². The smallest absolute Gasteiger partial charge is 0.254 e. The molecule has 1 aromatic heterocycles. The van der Waals surface area contributed by atoms with Crippen LogP contribution >= 0.6 is 15.9 Å². The van der Waals surface area contributed by atoms with Crippen LogP contribution < -0.4 is 0 Å². The fourth-order valence-corrected chi connectivity index (χ4v) is 2.98. The molecule has 3 aromatic rings. The molecule has 0 aliphatic heterocycles. The summed E-state index contributed by atoms with van der Waals surface area (Å²) in [6.45, 7) is 2.60. The van der Waals surface area contributed by atoms with Gasteiger partial charge in [0, 0.05) is 46.8 Å². The molecule has 0 saturated heterocycles. The summed E-state index contributed by atoms with van der Waals surface area (Å²) in [4.78, 5) is 18.4. The molecule has 1 amide bonds. The SMILES string of the molecule is CCN(Cc1cc(Br)ccc1F)C(=O)c1ccc(-n2ccnc2)cc1. The second-order valence-electron chi connectivity index (χ2n) is 5.57. The number of halogens is 2. The van der Waals surface area contributed by atoms with Gasteiger partial charge >= 0.3 is 0 Å². The molecule has 0 atom stereocenters. The Morgan fingerprint density at radius 1 is 1.24 bits per heavy atom. The number of amides is 1. The molecule has 128 valence electrons. The molecule has 2 aromatic carbocycles. The van der Waals surface area contributed by atoms with Crippen molar-refractivity contribution in [3.63, 3.8) is 0 Å². The number of rotatable bonds is 5. The van der Waals surface area contributed by atoms with Crippen LogP contribution in [0.3, 0.4) is 0 Å². The van der Waals surface area contributed by atoms with Crippen molar-refractivity contribution >= 4 is 21.8 Å². The number of nitrogens with zero attached hydrogens (tertiary/aromatic N) is 3. The van der Waals surface area contributed by atoms with Crippen molar-refractivity contribution in [3.8, 4) is 5.69 Å². The number of carbonyl (C=O) groups is 1. The second kappa shape index (κ2) is 7.61. The lowest BCUT2D eigenvalue weighted by Crippen LogP contribution is -2.30. The predicted molar refractivity (Wildman–Crippen MR) is 98.1 cm³/mol. The van der Waals surface area contributed by atoms with E-state index in [9.17, 15) is 9.18 Å². The minimum atomic E-state index is -0.315. The van der Waals surface area contributed by atoms with Gasteiger partial charge in [0.25, 0.3) is 5.91 Å². The molecule has 1 heterocycles. The molecule has 0 spiro atoms. The van der Waals surface area contributed by atoms with Crippen molar-refractivity contribution in [2.45, 2.75) is 13.5 Å². The Bertz CT molecular complexity index is 863. The van der Waals surface area contributed by atoms with Gasteiger partial charge in [-0.3, -0.25) is 4.79 Å². The van der Waals surface area contributed by atoms with Gasteiger partial charge in [0.2, 0.25) is 0 Å². The van der Waals surface area contributed by atoms with Gasteiger partial charge in [-0.2, -0.15) is 0 Å². The molecule has 0 aliphatic rings. The fourth-order valence-electron chi connectivity index (χ4n) is 2.57. The molecule has 0 fully saturated rings. The maximum absolute atomic E-state index is 14.0. The van der Waals surface area contributed by atoms with Crippen LogP contribution in [0.5, 0.6) is 0 Å². The second-order valence-corrected chi connectivity index (χ2v) is 6.49. The summed E-state index contributed by atoms with van der Waals surface area (Å²) in [7, 11) is 0. The molecule has 0 N–H and O–H groups in total. The summed E-state index contributed by atoms with van der Waals surface area (Å²) in [6, 6.07) is 12.0. The van der Waals surface area contributed by atoms with E-state index in [1.807, 2.05) is 29.8 Å². The van der Waals surface area contributed by atoms with E-state index in [4.69, 9.17) is 0 Å². The summed E-state index contributed by atoms with van der Waals surface area (Å²) in [5.41, 5.74) is 1.98. The first-order valence-electron chi connectivity index (χ1n) is 7.90. The first-order chi connectivity index (χ1) is 12.1. The molecule has 25 heavy (non-hydrogen) atoms. The van der Waals surface area contributed by atoms with Gasteiger partial charge in [-0.25, -0.2) is 9.37 Å². The van der Waals surface area contributed by atoms with Crippen LogP contribution in [0, 0.1) is 5.82 Å². The maximum atomic E-state index is 14.0. The van der Waals surface area contributed by atoms with E-state index in [1.54, 1.807) is 41.7 Å². The molecule has 3 rings (SSSR count). The van der Waals surface area contributed by atoms with Crippen LogP contribution in [0.2, 0.25) is 0 Å². The summed E-state index contributed by atoms with van der Waals surface area (Å²) in [6.07, 6.45) is 5.24. The summed E-state index contributed by atoms with van der Waals surface area (Å²) in [5, 5.41) is 0. The lowest BCUT2D eigenvalue weighted by atomic mass is 10.1. The average molecular weight is 402 g/mol. The third-order valence-electron chi connectivity index (χ3n) is 3.95. The van der Waals surface area contributed by atoms with E-state index in [0.717, 1.165) is 10.2 Å². The topological polar surface area (TPSA) is 38.1 Å². The van der Waals surface area contributed by atoms with Gasteiger partial charge in [0.1, 0.15) is 5.82 Å². The Kier molecular flexibility index (Phi) is 5.28. The number of benzene rings is 2. The van der Waals surface area contributed by atoms with Crippen LogP contribution in [0.25, 0.3) is 5.69 Å². The third kappa shape index (κ3) is 3.96. The van der Waals surface area contributed by atoms with Crippen molar-refractivity contribution in [3.05, 3.63) is 82.6 Å². The Hall–Kier alpha value is -2.47. The first kappa shape index (κ1) is 17.4. The van der Waals surface area contributed by atoms with Gasteiger partial charge in [0.15, 0.2) is 0 Å². The summed E-state index contributed by atoms with van der Waals surface area (Å²) in [5.74, 6) is -0.441. The van der Waals surface area contributed by atoms with E-state index in [1.165, 1.54) is 6.07 Å². The average Bonchev–Trinajstić information content (AvgIpc) is 3.16. The van der Waals surface area contributed by atoms with Gasteiger partial charge < -0.3 is 9.47 Å². The van der Waals surface area contributed by atoms with E-state index in [-0.39, 0.29) is 18.3 Å². The highest BCUT2D eigenvalue weighted by Gasteiger charge is 2.16. The minimum absolute atomic E-state index is 0.126. The lowest BCUT2D eigenvalue weighted by Gasteiger charge is -2.21. The normalized spacial score (nSPS) is 10.7. The van der Waals surface area contributed by atoms with Crippen LogP contribution in [0.4, 0.5) is 4.39 Å². The van der Waals surface area contributed by atoms with Gasteiger partial charge in [-0.1, -0.05) is 15.9 Å². The first-order valence-corrected chi connectivity index (χ1v) is 8.69. The van der Waals surface area contributed by atoms with E-state index >= 15 is 0 Å². The lowest BCUT2D eigenvalue weighted by molar-refractivity contribution is 0.0751. The zero-order chi connectivity index (χ0) is 17.8.